The number of aliphatic hydroxyl groups excluding tert-OH is 1. The number of likely N-dealkylation sites (tertiary alicyclic amines) is 1. The van der Waals surface area contributed by atoms with E-state index in [9.17, 15) is 9.90 Å². The Hall–Kier alpha value is -1.39. The van der Waals surface area contributed by atoms with E-state index in [-0.39, 0.29) is 24.0 Å². The summed E-state index contributed by atoms with van der Waals surface area (Å²) in [5.41, 5.74) is 2.74. The van der Waals surface area contributed by atoms with Crippen LogP contribution in [0, 0.1) is 0 Å². The summed E-state index contributed by atoms with van der Waals surface area (Å²) in [6.07, 6.45) is 2.90. The SMILES string of the molecule is CC(C)(C)c1ccc(CCNC(=O)CN2CCC[C@@H]2CO)cc1. The van der Waals surface area contributed by atoms with E-state index >= 15 is 0 Å². The number of rotatable bonds is 6. The van der Waals surface area contributed by atoms with Gasteiger partial charge in [-0.2, -0.15) is 0 Å². The molecule has 0 radical (unpaired) electrons. The molecule has 1 aromatic carbocycles. The minimum atomic E-state index is 0.0525. The molecule has 0 bridgehead atoms. The first-order valence-corrected chi connectivity index (χ1v) is 8.61. The Kier molecular flexibility index (Phi) is 6.19. The minimum absolute atomic E-state index is 0.0525. The summed E-state index contributed by atoms with van der Waals surface area (Å²) in [5, 5.41) is 12.3. The van der Waals surface area contributed by atoms with Gasteiger partial charge in [0.1, 0.15) is 0 Å². The van der Waals surface area contributed by atoms with Gasteiger partial charge in [-0.1, -0.05) is 45.0 Å². The maximum Gasteiger partial charge on any atom is 0.234 e. The van der Waals surface area contributed by atoms with Crippen molar-refractivity contribution in [1.82, 2.24) is 10.2 Å². The second-order valence-corrected chi connectivity index (χ2v) is 7.50. The van der Waals surface area contributed by atoms with Gasteiger partial charge in [0.2, 0.25) is 5.91 Å². The van der Waals surface area contributed by atoms with Gasteiger partial charge in [-0.3, -0.25) is 9.69 Å². The van der Waals surface area contributed by atoms with E-state index in [1.807, 2.05) is 0 Å². The number of carbonyl (C=O) groups is 1. The Labute approximate surface area is 139 Å². The number of carbonyl (C=O) groups excluding carboxylic acids is 1. The molecule has 2 N–H and O–H groups in total. The van der Waals surface area contributed by atoms with Gasteiger partial charge in [0, 0.05) is 12.6 Å². The third-order valence-electron chi connectivity index (χ3n) is 4.61. The van der Waals surface area contributed by atoms with E-state index in [2.05, 4.69) is 55.3 Å². The van der Waals surface area contributed by atoms with Gasteiger partial charge in [-0.15, -0.1) is 0 Å². The number of hydrogen-bond donors (Lipinski definition) is 2. The average Bonchev–Trinajstić information content (AvgIpc) is 2.94. The molecule has 1 heterocycles. The molecule has 1 atom stereocenters. The summed E-state index contributed by atoms with van der Waals surface area (Å²) in [6.45, 7) is 8.74. The molecule has 1 saturated heterocycles. The molecular weight excluding hydrogens is 288 g/mol. The van der Waals surface area contributed by atoms with Crippen LogP contribution < -0.4 is 5.32 Å². The van der Waals surface area contributed by atoms with Gasteiger partial charge < -0.3 is 10.4 Å². The lowest BCUT2D eigenvalue weighted by Crippen LogP contribution is -2.41. The van der Waals surface area contributed by atoms with E-state index in [0.29, 0.717) is 13.1 Å². The molecule has 23 heavy (non-hydrogen) atoms. The zero-order valence-corrected chi connectivity index (χ0v) is 14.6. The highest BCUT2D eigenvalue weighted by Gasteiger charge is 2.25. The van der Waals surface area contributed by atoms with Crippen LogP contribution in [-0.2, 0) is 16.6 Å². The van der Waals surface area contributed by atoms with Crippen LogP contribution in [0.4, 0.5) is 0 Å². The molecule has 2 rings (SSSR count). The Morgan fingerprint density at radius 2 is 2.00 bits per heavy atom. The zero-order valence-electron chi connectivity index (χ0n) is 14.6. The van der Waals surface area contributed by atoms with Crippen molar-refractivity contribution in [1.29, 1.82) is 0 Å². The number of aliphatic hydroxyl groups is 1. The molecule has 0 spiro atoms. The fraction of sp³-hybridized carbons (Fsp3) is 0.632. The van der Waals surface area contributed by atoms with Crippen molar-refractivity contribution in [3.8, 4) is 0 Å². The Morgan fingerprint density at radius 3 is 2.61 bits per heavy atom. The molecule has 4 nitrogen and oxygen atoms in total. The van der Waals surface area contributed by atoms with Crippen LogP contribution in [-0.4, -0.2) is 48.2 Å². The fourth-order valence-electron chi connectivity index (χ4n) is 3.07. The first-order chi connectivity index (χ1) is 10.9. The van der Waals surface area contributed by atoms with E-state index in [4.69, 9.17) is 0 Å². The maximum absolute atomic E-state index is 12.0. The van der Waals surface area contributed by atoms with Crippen LogP contribution >= 0.6 is 0 Å². The monoisotopic (exact) mass is 318 g/mol. The summed E-state index contributed by atoms with van der Waals surface area (Å²) >= 11 is 0. The van der Waals surface area contributed by atoms with Crippen LogP contribution in [0.25, 0.3) is 0 Å². The molecule has 4 heteroatoms. The highest BCUT2D eigenvalue weighted by atomic mass is 16.3. The van der Waals surface area contributed by atoms with Crippen molar-refractivity contribution in [2.45, 2.75) is 51.5 Å². The Morgan fingerprint density at radius 1 is 1.30 bits per heavy atom. The summed E-state index contributed by atoms with van der Waals surface area (Å²) in [4.78, 5) is 14.1. The van der Waals surface area contributed by atoms with Crippen molar-refractivity contribution < 1.29 is 9.90 Å². The van der Waals surface area contributed by atoms with Crippen LogP contribution in [0.2, 0.25) is 0 Å². The predicted octanol–water partition coefficient (Wildman–Crippen LogP) is 2.10. The van der Waals surface area contributed by atoms with E-state index < -0.39 is 0 Å². The second-order valence-electron chi connectivity index (χ2n) is 7.50. The van der Waals surface area contributed by atoms with Crippen LogP contribution in [0.5, 0.6) is 0 Å². The largest absolute Gasteiger partial charge is 0.395 e. The highest BCUT2D eigenvalue weighted by Crippen LogP contribution is 2.22. The van der Waals surface area contributed by atoms with E-state index in [1.165, 1.54) is 11.1 Å². The molecule has 1 aliphatic heterocycles. The first-order valence-electron chi connectivity index (χ1n) is 8.61. The van der Waals surface area contributed by atoms with Crippen molar-refractivity contribution in [3.63, 3.8) is 0 Å². The van der Waals surface area contributed by atoms with E-state index in [1.54, 1.807) is 0 Å². The first kappa shape index (κ1) is 18.0. The molecule has 0 unspecified atom stereocenters. The molecule has 0 saturated carbocycles. The second kappa shape index (κ2) is 7.93. The lowest BCUT2D eigenvalue weighted by Gasteiger charge is -2.21. The lowest BCUT2D eigenvalue weighted by atomic mass is 9.86. The summed E-state index contributed by atoms with van der Waals surface area (Å²) < 4.78 is 0. The van der Waals surface area contributed by atoms with Gasteiger partial charge in [0.05, 0.1) is 13.2 Å². The number of nitrogens with zero attached hydrogens (tertiary/aromatic N) is 1. The van der Waals surface area contributed by atoms with Crippen LogP contribution in [0.1, 0.15) is 44.7 Å². The number of benzene rings is 1. The third-order valence-corrected chi connectivity index (χ3v) is 4.61. The van der Waals surface area contributed by atoms with Gasteiger partial charge in [-0.05, 0) is 42.3 Å². The zero-order chi connectivity index (χ0) is 16.9. The molecule has 0 aliphatic carbocycles. The lowest BCUT2D eigenvalue weighted by molar-refractivity contribution is -0.122. The van der Waals surface area contributed by atoms with Crippen molar-refractivity contribution >= 4 is 5.91 Å². The molecule has 1 fully saturated rings. The van der Waals surface area contributed by atoms with Crippen molar-refractivity contribution in [2.75, 3.05) is 26.2 Å². The minimum Gasteiger partial charge on any atom is -0.395 e. The van der Waals surface area contributed by atoms with Gasteiger partial charge >= 0.3 is 0 Å². The normalized spacial score (nSPS) is 19.0. The number of amides is 1. The van der Waals surface area contributed by atoms with Gasteiger partial charge in [0.15, 0.2) is 0 Å². The molecule has 1 aromatic rings. The number of hydrogen-bond acceptors (Lipinski definition) is 3. The van der Waals surface area contributed by atoms with Crippen LogP contribution in [0.3, 0.4) is 0 Å². The third kappa shape index (κ3) is 5.33. The number of nitrogens with one attached hydrogen (secondary N) is 1. The van der Waals surface area contributed by atoms with Crippen molar-refractivity contribution in [3.05, 3.63) is 35.4 Å². The van der Waals surface area contributed by atoms with Gasteiger partial charge in [0.25, 0.3) is 0 Å². The maximum atomic E-state index is 12.0. The standard InChI is InChI=1S/C19H30N2O2/c1-19(2,3)16-8-6-15(7-9-16)10-11-20-18(23)13-21-12-4-5-17(21)14-22/h6-9,17,22H,4-5,10-14H2,1-3H3,(H,20,23)/t17-/m1/s1. The highest BCUT2D eigenvalue weighted by molar-refractivity contribution is 5.78. The molecule has 1 aliphatic rings. The molecule has 128 valence electrons. The molecular formula is C19H30N2O2. The van der Waals surface area contributed by atoms with Gasteiger partial charge in [-0.25, -0.2) is 0 Å². The van der Waals surface area contributed by atoms with Crippen LogP contribution in [0.15, 0.2) is 24.3 Å². The quantitative estimate of drug-likeness (QED) is 0.844. The summed E-state index contributed by atoms with van der Waals surface area (Å²) in [5.74, 6) is 0.0525. The Balaban J connectivity index is 1.73. The summed E-state index contributed by atoms with van der Waals surface area (Å²) in [6, 6.07) is 8.80. The smallest absolute Gasteiger partial charge is 0.234 e. The predicted molar refractivity (Wildman–Crippen MR) is 93.5 cm³/mol. The average molecular weight is 318 g/mol. The topological polar surface area (TPSA) is 52.6 Å². The summed E-state index contributed by atoms with van der Waals surface area (Å²) in [7, 11) is 0. The molecule has 0 aromatic heterocycles. The van der Waals surface area contributed by atoms with Crippen molar-refractivity contribution in [2.24, 2.45) is 0 Å². The fourth-order valence-corrected chi connectivity index (χ4v) is 3.07. The Bertz CT molecular complexity index is 505. The van der Waals surface area contributed by atoms with E-state index in [0.717, 1.165) is 25.8 Å². The molecule has 1 amide bonds.